The monoisotopic (exact) mass is 559 g/mol. The molecule has 10 nitrogen and oxygen atoms in total. The molecule has 0 bridgehead atoms. The topological polar surface area (TPSA) is 126 Å². The fourth-order valence-corrected chi connectivity index (χ4v) is 5.66. The van der Waals surface area contributed by atoms with E-state index in [1.54, 1.807) is 64.3 Å². The van der Waals surface area contributed by atoms with Crippen molar-refractivity contribution in [2.75, 3.05) is 13.7 Å². The highest BCUT2D eigenvalue weighted by Crippen LogP contribution is 2.32. The van der Waals surface area contributed by atoms with Gasteiger partial charge < -0.3 is 13.9 Å². The molecular formula is C29H25N3O7S. The van der Waals surface area contributed by atoms with E-state index in [0.717, 1.165) is 0 Å². The minimum Gasteiger partial charge on any atom is -0.497 e. The van der Waals surface area contributed by atoms with Gasteiger partial charge >= 0.3 is 5.97 Å². The van der Waals surface area contributed by atoms with Gasteiger partial charge in [0.2, 0.25) is 0 Å². The van der Waals surface area contributed by atoms with Crippen molar-refractivity contribution in [2.24, 2.45) is 4.99 Å². The van der Waals surface area contributed by atoms with Gasteiger partial charge in [0.1, 0.15) is 17.3 Å². The highest BCUT2D eigenvalue weighted by molar-refractivity contribution is 7.07. The standard InChI is InChI=1S/C29H25N3O7S/c1-5-38-28(34)25-17(3)30-29-31(26(25)18-6-9-20(37-4)10-7-18)27(33)24(40-29)15-21-11-13-23(39-21)22-12-8-19(32(35)36)14-16(22)2/h6-15,26H,5H2,1-4H3/b24-15+/t26-/m0/s1. The molecule has 2 aromatic carbocycles. The van der Waals surface area contributed by atoms with Crippen molar-refractivity contribution in [3.8, 4) is 17.1 Å². The van der Waals surface area contributed by atoms with Crippen molar-refractivity contribution in [2.45, 2.75) is 26.8 Å². The number of methoxy groups -OCH3 is 1. The number of allylic oxidation sites excluding steroid dienone is 1. The number of non-ortho nitro benzene ring substituents is 1. The number of nitrogens with zero attached hydrogens (tertiary/aromatic N) is 3. The number of esters is 1. The number of rotatable bonds is 7. The minimum atomic E-state index is -0.738. The van der Waals surface area contributed by atoms with E-state index >= 15 is 0 Å². The van der Waals surface area contributed by atoms with E-state index in [-0.39, 0.29) is 17.9 Å². The van der Waals surface area contributed by atoms with Crippen LogP contribution in [0.2, 0.25) is 0 Å². The quantitative estimate of drug-likeness (QED) is 0.188. The number of ether oxygens (including phenoxy) is 2. The summed E-state index contributed by atoms with van der Waals surface area (Å²) in [6.07, 6.45) is 1.63. The van der Waals surface area contributed by atoms with Crippen molar-refractivity contribution in [3.63, 3.8) is 0 Å². The molecule has 0 fully saturated rings. The average molecular weight is 560 g/mol. The molecule has 1 aliphatic heterocycles. The molecule has 204 valence electrons. The summed E-state index contributed by atoms with van der Waals surface area (Å²) in [6.45, 7) is 5.40. The molecule has 5 rings (SSSR count). The highest BCUT2D eigenvalue weighted by Gasteiger charge is 2.33. The van der Waals surface area contributed by atoms with Gasteiger partial charge in [-0.25, -0.2) is 9.79 Å². The summed E-state index contributed by atoms with van der Waals surface area (Å²) in [5.41, 5.74) is 2.54. The Bertz CT molecular complexity index is 1850. The van der Waals surface area contributed by atoms with Crippen molar-refractivity contribution in [1.82, 2.24) is 4.57 Å². The first-order chi connectivity index (χ1) is 19.2. The predicted molar refractivity (Wildman–Crippen MR) is 149 cm³/mol. The maximum Gasteiger partial charge on any atom is 0.338 e. The number of benzene rings is 2. The van der Waals surface area contributed by atoms with Crippen LogP contribution in [0.1, 0.15) is 36.8 Å². The number of aromatic nitrogens is 1. The van der Waals surface area contributed by atoms with Gasteiger partial charge in [-0.1, -0.05) is 23.5 Å². The van der Waals surface area contributed by atoms with E-state index in [0.29, 0.717) is 54.6 Å². The number of carbonyl (C=O) groups is 1. The largest absolute Gasteiger partial charge is 0.497 e. The van der Waals surface area contributed by atoms with E-state index in [1.807, 2.05) is 12.1 Å². The van der Waals surface area contributed by atoms with Crippen LogP contribution in [0, 0.1) is 17.0 Å². The lowest BCUT2D eigenvalue weighted by Gasteiger charge is -2.24. The smallest absolute Gasteiger partial charge is 0.338 e. The zero-order valence-corrected chi connectivity index (χ0v) is 23.0. The van der Waals surface area contributed by atoms with E-state index < -0.39 is 16.9 Å². The van der Waals surface area contributed by atoms with Crippen LogP contribution in [-0.2, 0) is 9.53 Å². The summed E-state index contributed by atoms with van der Waals surface area (Å²) in [6, 6.07) is 14.4. The second-order valence-electron chi connectivity index (χ2n) is 9.03. The first-order valence-electron chi connectivity index (χ1n) is 12.4. The molecular weight excluding hydrogens is 534 g/mol. The third-order valence-corrected chi connectivity index (χ3v) is 7.52. The van der Waals surface area contributed by atoms with Gasteiger partial charge in [-0.3, -0.25) is 19.5 Å². The lowest BCUT2D eigenvalue weighted by molar-refractivity contribution is -0.384. The molecule has 3 heterocycles. The molecule has 1 aliphatic rings. The van der Waals surface area contributed by atoms with Gasteiger partial charge in [-0.15, -0.1) is 0 Å². The highest BCUT2D eigenvalue weighted by atomic mass is 32.1. The number of nitro groups is 1. The number of thiazole rings is 1. The molecule has 0 radical (unpaired) electrons. The van der Waals surface area contributed by atoms with Gasteiger partial charge in [0.25, 0.3) is 11.2 Å². The third kappa shape index (κ3) is 4.87. The Morgan fingerprint density at radius 3 is 2.58 bits per heavy atom. The molecule has 0 amide bonds. The minimum absolute atomic E-state index is 0.00182. The molecule has 2 aromatic heterocycles. The van der Waals surface area contributed by atoms with Gasteiger partial charge in [-0.2, -0.15) is 0 Å². The maximum absolute atomic E-state index is 13.8. The van der Waals surface area contributed by atoms with E-state index in [1.165, 1.54) is 28.0 Å². The SMILES string of the molecule is CCOC(=O)C1=C(C)N=c2s/c(=C/c3ccc(-c4ccc([N+](=O)[O-])cc4C)o3)c(=O)n2[C@H]1c1ccc(OC)cc1. The predicted octanol–water partition coefficient (Wildman–Crippen LogP) is 4.28. The lowest BCUT2D eigenvalue weighted by Crippen LogP contribution is -2.39. The number of hydrogen-bond donors (Lipinski definition) is 0. The Kier molecular flexibility index (Phi) is 7.22. The number of furan rings is 1. The van der Waals surface area contributed by atoms with Crippen LogP contribution >= 0.6 is 11.3 Å². The molecule has 0 saturated carbocycles. The van der Waals surface area contributed by atoms with Crippen molar-refractivity contribution < 1.29 is 23.6 Å². The Balaban J connectivity index is 1.60. The molecule has 11 heteroatoms. The maximum atomic E-state index is 13.8. The number of carbonyl (C=O) groups excluding carboxylic acids is 1. The van der Waals surface area contributed by atoms with Crippen LogP contribution in [0.3, 0.4) is 0 Å². The first-order valence-corrected chi connectivity index (χ1v) is 13.2. The Morgan fingerprint density at radius 1 is 1.18 bits per heavy atom. The van der Waals surface area contributed by atoms with Gasteiger partial charge in [0, 0.05) is 23.8 Å². The Hall–Kier alpha value is -4.77. The zero-order chi connectivity index (χ0) is 28.6. The van der Waals surface area contributed by atoms with Crippen LogP contribution in [0.15, 0.2) is 80.1 Å². The summed E-state index contributed by atoms with van der Waals surface area (Å²) in [4.78, 5) is 42.4. The van der Waals surface area contributed by atoms with Crippen molar-refractivity contribution in [1.29, 1.82) is 0 Å². The summed E-state index contributed by atoms with van der Waals surface area (Å²) in [7, 11) is 1.56. The third-order valence-electron chi connectivity index (χ3n) is 6.53. The zero-order valence-electron chi connectivity index (χ0n) is 22.2. The molecule has 0 unspecified atom stereocenters. The normalized spacial score (nSPS) is 15.0. The van der Waals surface area contributed by atoms with Gasteiger partial charge in [-0.05, 0) is 62.2 Å². The molecule has 0 spiro atoms. The molecule has 0 aliphatic carbocycles. The molecule has 0 saturated heterocycles. The summed E-state index contributed by atoms with van der Waals surface area (Å²) < 4.78 is 18.5. The Labute approximate surface area is 232 Å². The fraction of sp³-hybridized carbons (Fsp3) is 0.207. The van der Waals surface area contributed by atoms with Gasteiger partial charge in [0.05, 0.1) is 40.5 Å². The van der Waals surface area contributed by atoms with Crippen LogP contribution < -0.4 is 19.6 Å². The second kappa shape index (κ2) is 10.8. The van der Waals surface area contributed by atoms with Crippen LogP contribution in [0.4, 0.5) is 5.69 Å². The number of aryl methyl sites for hydroxylation is 1. The van der Waals surface area contributed by atoms with E-state index in [4.69, 9.17) is 13.9 Å². The summed E-state index contributed by atoms with van der Waals surface area (Å²) in [5, 5.41) is 11.1. The lowest BCUT2D eigenvalue weighted by atomic mass is 9.96. The molecule has 4 aromatic rings. The van der Waals surface area contributed by atoms with E-state index in [2.05, 4.69) is 4.99 Å². The summed E-state index contributed by atoms with van der Waals surface area (Å²) >= 11 is 1.19. The number of nitro benzene ring substituents is 1. The van der Waals surface area contributed by atoms with Crippen LogP contribution in [0.5, 0.6) is 5.75 Å². The molecule has 1 atom stereocenters. The average Bonchev–Trinajstić information content (AvgIpc) is 3.52. The first kappa shape index (κ1) is 26.8. The molecule has 40 heavy (non-hydrogen) atoms. The number of fused-ring (bicyclic) bond motifs is 1. The molecule has 0 N–H and O–H groups in total. The number of hydrogen-bond acceptors (Lipinski definition) is 9. The summed E-state index contributed by atoms with van der Waals surface area (Å²) in [5.74, 6) is 1.06. The van der Waals surface area contributed by atoms with Gasteiger partial charge in [0.15, 0.2) is 4.80 Å². The fourth-order valence-electron chi connectivity index (χ4n) is 4.64. The second-order valence-corrected chi connectivity index (χ2v) is 10.0. The van der Waals surface area contributed by atoms with Crippen LogP contribution in [0.25, 0.3) is 17.4 Å². The Morgan fingerprint density at radius 2 is 1.93 bits per heavy atom. The van der Waals surface area contributed by atoms with Crippen molar-refractivity contribution >= 4 is 29.1 Å². The van der Waals surface area contributed by atoms with Crippen LogP contribution in [-0.4, -0.2) is 29.2 Å². The van der Waals surface area contributed by atoms with E-state index in [9.17, 15) is 19.7 Å². The van der Waals surface area contributed by atoms with Crippen molar-refractivity contribution in [3.05, 3.63) is 113 Å².